The molecule has 1 rings (SSSR count). The standard InChI is InChI=1S/C13H18N2O5S/c1-3-13(2,12(17)18)15-11(16)9-14-21(19,20)10-7-5-4-6-8-10/h4-8,14H,3,9H2,1-2H3,(H,15,16)(H,17,18). The fourth-order valence-corrected chi connectivity index (χ4v) is 2.49. The molecule has 0 fully saturated rings. The first-order valence-electron chi connectivity index (χ1n) is 6.30. The summed E-state index contributed by atoms with van der Waals surface area (Å²) in [5.41, 5.74) is -1.42. The van der Waals surface area contributed by atoms with Crippen molar-refractivity contribution in [3.63, 3.8) is 0 Å². The Kier molecular flexibility index (Phi) is 5.45. The third kappa shape index (κ3) is 4.54. The van der Waals surface area contributed by atoms with E-state index in [4.69, 9.17) is 5.11 Å². The number of carbonyl (C=O) groups is 2. The van der Waals surface area contributed by atoms with Crippen molar-refractivity contribution in [2.75, 3.05) is 6.54 Å². The van der Waals surface area contributed by atoms with Crippen molar-refractivity contribution in [2.45, 2.75) is 30.7 Å². The van der Waals surface area contributed by atoms with Gasteiger partial charge in [0.1, 0.15) is 5.54 Å². The third-order valence-corrected chi connectivity index (χ3v) is 4.49. The number of rotatable bonds is 7. The lowest BCUT2D eigenvalue weighted by Gasteiger charge is -2.24. The molecule has 0 aliphatic rings. The molecule has 0 aromatic heterocycles. The highest BCUT2D eigenvalue weighted by Crippen LogP contribution is 2.09. The zero-order valence-electron chi connectivity index (χ0n) is 11.8. The van der Waals surface area contributed by atoms with Gasteiger partial charge in [-0.25, -0.2) is 17.9 Å². The summed E-state index contributed by atoms with van der Waals surface area (Å²) in [4.78, 5) is 22.8. The van der Waals surface area contributed by atoms with Crippen LogP contribution in [0.5, 0.6) is 0 Å². The van der Waals surface area contributed by atoms with Gasteiger partial charge < -0.3 is 10.4 Å². The van der Waals surface area contributed by atoms with Crippen molar-refractivity contribution < 1.29 is 23.1 Å². The van der Waals surface area contributed by atoms with Crippen molar-refractivity contribution in [2.24, 2.45) is 0 Å². The molecule has 0 aliphatic carbocycles. The molecule has 116 valence electrons. The second-order valence-corrected chi connectivity index (χ2v) is 6.44. The van der Waals surface area contributed by atoms with Gasteiger partial charge in [0.15, 0.2) is 0 Å². The lowest BCUT2D eigenvalue weighted by atomic mass is 9.99. The van der Waals surface area contributed by atoms with E-state index in [1.54, 1.807) is 25.1 Å². The van der Waals surface area contributed by atoms with Gasteiger partial charge in [-0.2, -0.15) is 0 Å². The van der Waals surface area contributed by atoms with Gasteiger partial charge in [-0.1, -0.05) is 25.1 Å². The molecule has 0 saturated carbocycles. The largest absolute Gasteiger partial charge is 0.480 e. The Morgan fingerprint density at radius 1 is 1.24 bits per heavy atom. The lowest BCUT2D eigenvalue weighted by Crippen LogP contribution is -2.54. The van der Waals surface area contributed by atoms with Crippen LogP contribution >= 0.6 is 0 Å². The molecule has 21 heavy (non-hydrogen) atoms. The van der Waals surface area contributed by atoms with Crippen molar-refractivity contribution in [1.29, 1.82) is 0 Å². The maximum atomic E-state index is 11.9. The third-order valence-electron chi connectivity index (χ3n) is 3.07. The minimum absolute atomic E-state index is 0.0364. The number of sulfonamides is 1. The zero-order valence-corrected chi connectivity index (χ0v) is 12.6. The molecule has 1 unspecified atom stereocenters. The number of carbonyl (C=O) groups excluding carboxylic acids is 1. The Hall–Kier alpha value is -1.93. The van der Waals surface area contributed by atoms with Gasteiger partial charge >= 0.3 is 5.97 Å². The lowest BCUT2D eigenvalue weighted by molar-refractivity contribution is -0.146. The second kappa shape index (κ2) is 6.68. The van der Waals surface area contributed by atoms with Crippen molar-refractivity contribution in [3.8, 4) is 0 Å². The van der Waals surface area contributed by atoms with Crippen LogP contribution < -0.4 is 10.0 Å². The molecule has 0 aliphatic heterocycles. The summed E-state index contributed by atoms with van der Waals surface area (Å²) in [7, 11) is -3.80. The number of benzene rings is 1. The first-order valence-corrected chi connectivity index (χ1v) is 7.79. The minimum Gasteiger partial charge on any atom is -0.480 e. The van der Waals surface area contributed by atoms with E-state index in [2.05, 4.69) is 10.0 Å². The molecule has 8 heteroatoms. The molecule has 3 N–H and O–H groups in total. The topological polar surface area (TPSA) is 113 Å². The molecule has 0 saturated heterocycles. The van der Waals surface area contributed by atoms with Crippen LogP contribution in [0.15, 0.2) is 35.2 Å². The van der Waals surface area contributed by atoms with Crippen LogP contribution in [-0.2, 0) is 19.6 Å². The molecular formula is C13H18N2O5S. The highest BCUT2D eigenvalue weighted by Gasteiger charge is 2.32. The van der Waals surface area contributed by atoms with Crippen LogP contribution in [0.2, 0.25) is 0 Å². The van der Waals surface area contributed by atoms with Crippen LogP contribution in [0.1, 0.15) is 20.3 Å². The Labute approximate surface area is 123 Å². The van der Waals surface area contributed by atoms with Crippen LogP contribution in [0, 0.1) is 0 Å². The van der Waals surface area contributed by atoms with E-state index in [1.807, 2.05) is 0 Å². The van der Waals surface area contributed by atoms with E-state index < -0.39 is 34.0 Å². The van der Waals surface area contributed by atoms with Crippen LogP contribution in [-0.4, -0.2) is 37.5 Å². The number of hydrogen-bond donors (Lipinski definition) is 3. The van der Waals surface area contributed by atoms with E-state index in [-0.39, 0.29) is 11.3 Å². The van der Waals surface area contributed by atoms with Crippen LogP contribution in [0.4, 0.5) is 0 Å². The zero-order chi connectivity index (χ0) is 16.1. The second-order valence-electron chi connectivity index (χ2n) is 4.68. The van der Waals surface area contributed by atoms with Gasteiger partial charge in [0.2, 0.25) is 15.9 Å². The minimum atomic E-state index is -3.80. The van der Waals surface area contributed by atoms with E-state index >= 15 is 0 Å². The highest BCUT2D eigenvalue weighted by atomic mass is 32.2. The summed E-state index contributed by atoms with van der Waals surface area (Å²) in [6.45, 7) is 2.45. The number of amides is 1. The fraction of sp³-hybridized carbons (Fsp3) is 0.385. The Morgan fingerprint density at radius 3 is 2.29 bits per heavy atom. The van der Waals surface area contributed by atoms with Gasteiger partial charge in [-0.3, -0.25) is 4.79 Å². The normalized spacial score (nSPS) is 14.2. The molecule has 0 heterocycles. The summed E-state index contributed by atoms with van der Waals surface area (Å²) in [5.74, 6) is -1.88. The maximum absolute atomic E-state index is 11.9. The number of carboxylic acids is 1. The first-order chi connectivity index (χ1) is 9.71. The summed E-state index contributed by atoms with van der Waals surface area (Å²) < 4.78 is 25.9. The molecule has 1 aromatic carbocycles. The smallest absolute Gasteiger partial charge is 0.329 e. The van der Waals surface area contributed by atoms with Crippen molar-refractivity contribution >= 4 is 21.9 Å². The molecule has 0 spiro atoms. The molecular weight excluding hydrogens is 296 g/mol. The molecule has 1 aromatic rings. The summed E-state index contributed by atoms with van der Waals surface area (Å²) in [6.07, 6.45) is 0.180. The van der Waals surface area contributed by atoms with Gasteiger partial charge in [0.25, 0.3) is 0 Å². The molecule has 7 nitrogen and oxygen atoms in total. The average molecular weight is 314 g/mol. The molecule has 1 amide bonds. The number of carboxylic acid groups (broad SMARTS) is 1. The highest BCUT2D eigenvalue weighted by molar-refractivity contribution is 7.89. The first kappa shape index (κ1) is 17.1. The van der Waals surface area contributed by atoms with E-state index in [1.165, 1.54) is 19.1 Å². The number of hydrogen-bond acceptors (Lipinski definition) is 4. The SMILES string of the molecule is CCC(C)(NC(=O)CNS(=O)(=O)c1ccccc1)C(=O)O. The van der Waals surface area contributed by atoms with Gasteiger partial charge in [0, 0.05) is 0 Å². The Bertz CT molecular complexity index is 615. The van der Waals surface area contributed by atoms with Crippen LogP contribution in [0.25, 0.3) is 0 Å². The van der Waals surface area contributed by atoms with Crippen molar-refractivity contribution in [3.05, 3.63) is 30.3 Å². The molecule has 0 bridgehead atoms. The predicted molar refractivity (Wildman–Crippen MR) is 76.1 cm³/mol. The monoisotopic (exact) mass is 314 g/mol. The van der Waals surface area contributed by atoms with Crippen LogP contribution in [0.3, 0.4) is 0 Å². The van der Waals surface area contributed by atoms with Crippen molar-refractivity contribution in [1.82, 2.24) is 10.0 Å². The summed E-state index contributed by atoms with van der Waals surface area (Å²) in [5, 5.41) is 11.3. The maximum Gasteiger partial charge on any atom is 0.329 e. The summed E-state index contributed by atoms with van der Waals surface area (Å²) >= 11 is 0. The average Bonchev–Trinajstić information content (AvgIpc) is 2.46. The fourth-order valence-electron chi connectivity index (χ4n) is 1.49. The van der Waals surface area contributed by atoms with E-state index in [9.17, 15) is 18.0 Å². The molecule has 1 atom stereocenters. The Morgan fingerprint density at radius 2 is 1.81 bits per heavy atom. The van der Waals surface area contributed by atoms with E-state index in [0.29, 0.717) is 0 Å². The van der Waals surface area contributed by atoms with Gasteiger partial charge in [-0.05, 0) is 25.5 Å². The Balaban J connectivity index is 2.68. The molecule has 0 radical (unpaired) electrons. The van der Waals surface area contributed by atoms with Gasteiger partial charge in [-0.15, -0.1) is 0 Å². The number of aliphatic carboxylic acids is 1. The predicted octanol–water partition coefficient (Wildman–Crippen LogP) is 0.334. The van der Waals surface area contributed by atoms with Gasteiger partial charge in [0.05, 0.1) is 11.4 Å². The number of nitrogens with one attached hydrogen (secondary N) is 2. The van der Waals surface area contributed by atoms with E-state index in [0.717, 1.165) is 0 Å². The quantitative estimate of drug-likeness (QED) is 0.671. The summed E-state index contributed by atoms with van der Waals surface area (Å²) in [6, 6.07) is 7.59.